The summed E-state index contributed by atoms with van der Waals surface area (Å²) in [6.07, 6.45) is 3.80. The van der Waals surface area contributed by atoms with Gasteiger partial charge in [-0.3, -0.25) is 4.90 Å². The second-order valence-corrected chi connectivity index (χ2v) is 7.22. The third-order valence-corrected chi connectivity index (χ3v) is 5.48. The summed E-state index contributed by atoms with van der Waals surface area (Å²) in [4.78, 5) is 7.17. The summed E-state index contributed by atoms with van der Waals surface area (Å²) in [7, 11) is 1.73. The van der Waals surface area contributed by atoms with Crippen LogP contribution in [0.4, 0.5) is 0 Å². The SMILES string of the molecule is COc1cccc([C@@H]2[C@@H](NCc3nc(C)c(C)o3)CCN2C2CC2)c1. The van der Waals surface area contributed by atoms with E-state index in [4.69, 9.17) is 9.15 Å². The number of hydrogen-bond acceptors (Lipinski definition) is 5. The van der Waals surface area contributed by atoms with Crippen molar-refractivity contribution in [2.75, 3.05) is 13.7 Å². The van der Waals surface area contributed by atoms with Crippen molar-refractivity contribution in [3.8, 4) is 5.75 Å². The molecule has 0 radical (unpaired) electrons. The molecule has 1 aliphatic heterocycles. The zero-order valence-corrected chi connectivity index (χ0v) is 15.3. The quantitative estimate of drug-likeness (QED) is 0.873. The Kier molecular flexibility index (Phi) is 4.52. The van der Waals surface area contributed by atoms with Crippen molar-refractivity contribution >= 4 is 0 Å². The molecule has 4 rings (SSSR count). The van der Waals surface area contributed by atoms with Gasteiger partial charge in [0.25, 0.3) is 0 Å². The number of benzene rings is 1. The Hall–Kier alpha value is -1.85. The number of aryl methyl sites for hydroxylation is 2. The second kappa shape index (κ2) is 6.81. The summed E-state index contributed by atoms with van der Waals surface area (Å²) < 4.78 is 11.2. The van der Waals surface area contributed by atoms with Gasteiger partial charge in [-0.05, 0) is 50.8 Å². The summed E-state index contributed by atoms with van der Waals surface area (Å²) in [5.74, 6) is 2.62. The van der Waals surface area contributed by atoms with Crippen LogP contribution in [0.1, 0.15) is 48.2 Å². The highest BCUT2D eigenvalue weighted by atomic mass is 16.5. The van der Waals surface area contributed by atoms with E-state index in [9.17, 15) is 0 Å². The van der Waals surface area contributed by atoms with Crippen LogP contribution in [0.5, 0.6) is 5.75 Å². The third-order valence-electron chi connectivity index (χ3n) is 5.48. The maximum absolute atomic E-state index is 5.73. The lowest BCUT2D eigenvalue weighted by molar-refractivity contribution is 0.224. The van der Waals surface area contributed by atoms with Gasteiger partial charge in [-0.2, -0.15) is 0 Å². The molecule has 1 aromatic carbocycles. The zero-order chi connectivity index (χ0) is 17.4. The Labute approximate surface area is 149 Å². The van der Waals surface area contributed by atoms with E-state index in [0.717, 1.165) is 42.1 Å². The summed E-state index contributed by atoms with van der Waals surface area (Å²) in [5, 5.41) is 3.70. The van der Waals surface area contributed by atoms with E-state index in [2.05, 4.69) is 33.4 Å². The number of likely N-dealkylation sites (tertiary alicyclic amines) is 1. The van der Waals surface area contributed by atoms with Crippen molar-refractivity contribution < 1.29 is 9.15 Å². The number of methoxy groups -OCH3 is 1. The normalized spacial score (nSPS) is 24.0. The summed E-state index contributed by atoms with van der Waals surface area (Å²) in [6.45, 7) is 5.78. The molecule has 1 aromatic heterocycles. The minimum atomic E-state index is 0.389. The Balaban J connectivity index is 1.52. The lowest BCUT2D eigenvalue weighted by atomic mass is 9.99. The van der Waals surface area contributed by atoms with E-state index in [1.165, 1.54) is 18.4 Å². The van der Waals surface area contributed by atoms with Gasteiger partial charge in [-0.1, -0.05) is 12.1 Å². The van der Waals surface area contributed by atoms with Crippen LogP contribution in [0.25, 0.3) is 0 Å². The molecule has 1 saturated carbocycles. The maximum atomic E-state index is 5.73. The molecule has 1 aliphatic carbocycles. The lowest BCUT2D eigenvalue weighted by Crippen LogP contribution is -2.36. The Morgan fingerprint density at radius 2 is 2.12 bits per heavy atom. The molecule has 0 bridgehead atoms. The summed E-state index contributed by atoms with van der Waals surface area (Å²) >= 11 is 0. The first-order valence-corrected chi connectivity index (χ1v) is 9.21. The van der Waals surface area contributed by atoms with E-state index in [-0.39, 0.29) is 0 Å². The van der Waals surface area contributed by atoms with Crippen LogP contribution in [0, 0.1) is 13.8 Å². The molecule has 1 N–H and O–H groups in total. The average molecular weight is 341 g/mol. The minimum absolute atomic E-state index is 0.389. The van der Waals surface area contributed by atoms with Crippen molar-refractivity contribution in [1.29, 1.82) is 0 Å². The molecule has 5 heteroatoms. The number of aromatic nitrogens is 1. The molecule has 1 saturated heterocycles. The van der Waals surface area contributed by atoms with Gasteiger partial charge in [0.15, 0.2) is 0 Å². The lowest BCUT2D eigenvalue weighted by Gasteiger charge is -2.29. The van der Waals surface area contributed by atoms with E-state index in [1.807, 2.05) is 19.9 Å². The first-order chi connectivity index (χ1) is 12.2. The Bertz CT molecular complexity index is 719. The fourth-order valence-electron chi connectivity index (χ4n) is 3.93. The molecular weight excluding hydrogens is 314 g/mol. The van der Waals surface area contributed by atoms with Gasteiger partial charge < -0.3 is 14.5 Å². The number of ether oxygens (including phenoxy) is 1. The van der Waals surface area contributed by atoms with Crippen LogP contribution < -0.4 is 10.1 Å². The van der Waals surface area contributed by atoms with Crippen LogP contribution in [-0.4, -0.2) is 35.6 Å². The smallest absolute Gasteiger partial charge is 0.208 e. The molecule has 2 heterocycles. The van der Waals surface area contributed by atoms with Crippen LogP contribution in [0.2, 0.25) is 0 Å². The van der Waals surface area contributed by atoms with E-state index in [0.29, 0.717) is 18.6 Å². The molecule has 2 atom stereocenters. The Morgan fingerprint density at radius 3 is 2.80 bits per heavy atom. The molecule has 0 amide bonds. The van der Waals surface area contributed by atoms with Crippen LogP contribution >= 0.6 is 0 Å². The molecule has 2 aromatic rings. The Morgan fingerprint density at radius 1 is 1.28 bits per heavy atom. The first kappa shape index (κ1) is 16.6. The van der Waals surface area contributed by atoms with Crippen LogP contribution in [0.15, 0.2) is 28.7 Å². The van der Waals surface area contributed by atoms with E-state index in [1.54, 1.807) is 7.11 Å². The predicted molar refractivity (Wildman–Crippen MR) is 96.7 cm³/mol. The number of oxazole rings is 1. The van der Waals surface area contributed by atoms with Gasteiger partial charge >= 0.3 is 0 Å². The number of rotatable bonds is 6. The minimum Gasteiger partial charge on any atom is -0.497 e. The van der Waals surface area contributed by atoms with Crippen molar-refractivity contribution in [3.05, 3.63) is 47.2 Å². The van der Waals surface area contributed by atoms with Crippen LogP contribution in [-0.2, 0) is 6.54 Å². The van der Waals surface area contributed by atoms with E-state index < -0.39 is 0 Å². The van der Waals surface area contributed by atoms with Crippen molar-refractivity contribution in [2.24, 2.45) is 0 Å². The van der Waals surface area contributed by atoms with Gasteiger partial charge in [0.2, 0.25) is 5.89 Å². The van der Waals surface area contributed by atoms with Crippen molar-refractivity contribution in [3.63, 3.8) is 0 Å². The summed E-state index contributed by atoms with van der Waals surface area (Å²) in [6, 6.07) is 10.0. The van der Waals surface area contributed by atoms with Crippen molar-refractivity contribution in [1.82, 2.24) is 15.2 Å². The highest BCUT2D eigenvalue weighted by molar-refractivity contribution is 5.32. The molecule has 5 nitrogen and oxygen atoms in total. The number of hydrogen-bond donors (Lipinski definition) is 1. The van der Waals surface area contributed by atoms with Gasteiger partial charge in [-0.15, -0.1) is 0 Å². The fraction of sp³-hybridized carbons (Fsp3) is 0.550. The molecule has 2 fully saturated rings. The highest BCUT2D eigenvalue weighted by Crippen LogP contribution is 2.41. The molecular formula is C20H27N3O2. The standard InChI is InChI=1S/C20H27N3O2/c1-13-14(2)25-19(22-13)12-21-18-9-10-23(16-7-8-16)20(18)15-5-4-6-17(11-15)24-3/h4-6,11,16,18,20-21H,7-10,12H2,1-3H3/t18-,20+/m0/s1. The highest BCUT2D eigenvalue weighted by Gasteiger charge is 2.42. The van der Waals surface area contributed by atoms with Gasteiger partial charge in [0, 0.05) is 18.6 Å². The molecule has 0 spiro atoms. The topological polar surface area (TPSA) is 50.5 Å². The second-order valence-electron chi connectivity index (χ2n) is 7.22. The molecule has 2 aliphatic rings. The largest absolute Gasteiger partial charge is 0.497 e. The predicted octanol–water partition coefficient (Wildman–Crippen LogP) is 3.37. The zero-order valence-electron chi connectivity index (χ0n) is 15.3. The number of nitrogens with one attached hydrogen (secondary N) is 1. The molecule has 0 unspecified atom stereocenters. The van der Waals surface area contributed by atoms with E-state index >= 15 is 0 Å². The molecule has 134 valence electrons. The molecule has 25 heavy (non-hydrogen) atoms. The first-order valence-electron chi connectivity index (χ1n) is 9.21. The van der Waals surface area contributed by atoms with Crippen molar-refractivity contribution in [2.45, 2.75) is 57.8 Å². The summed E-state index contributed by atoms with van der Waals surface area (Å²) in [5.41, 5.74) is 2.31. The van der Waals surface area contributed by atoms with Gasteiger partial charge in [0.05, 0.1) is 25.4 Å². The number of nitrogens with zero attached hydrogens (tertiary/aromatic N) is 2. The maximum Gasteiger partial charge on any atom is 0.208 e. The van der Waals surface area contributed by atoms with Gasteiger partial charge in [-0.25, -0.2) is 4.98 Å². The van der Waals surface area contributed by atoms with Gasteiger partial charge in [0.1, 0.15) is 11.5 Å². The third kappa shape index (κ3) is 3.44. The van der Waals surface area contributed by atoms with Crippen LogP contribution in [0.3, 0.4) is 0 Å². The fourth-order valence-corrected chi connectivity index (χ4v) is 3.93. The average Bonchev–Trinajstić information content (AvgIpc) is 3.30. The monoisotopic (exact) mass is 341 g/mol.